The standard InChI is InChI=1S/C14H22N4O/c1-3-17-7-8-18(9-10(17)2)12-6-4-5-11(13(12)15)14(16)19/h4-6,10H,3,7-9,15H2,1-2H3,(H2,16,19). The van der Waals surface area contributed by atoms with Gasteiger partial charge in [-0.05, 0) is 25.6 Å². The number of amides is 1. The van der Waals surface area contributed by atoms with Crippen LogP contribution in [0.5, 0.6) is 0 Å². The molecule has 1 aromatic rings. The molecular formula is C14H22N4O. The number of nitrogens with zero attached hydrogens (tertiary/aromatic N) is 2. The molecule has 4 N–H and O–H groups in total. The highest BCUT2D eigenvalue weighted by atomic mass is 16.1. The maximum atomic E-state index is 11.3. The molecule has 1 saturated heterocycles. The molecular weight excluding hydrogens is 240 g/mol. The lowest BCUT2D eigenvalue weighted by molar-refractivity contribution is 0.100. The van der Waals surface area contributed by atoms with Crippen LogP contribution in [0.1, 0.15) is 24.2 Å². The molecule has 19 heavy (non-hydrogen) atoms. The van der Waals surface area contributed by atoms with Crippen molar-refractivity contribution in [1.29, 1.82) is 0 Å². The first-order valence-corrected chi connectivity index (χ1v) is 6.71. The van der Waals surface area contributed by atoms with E-state index in [9.17, 15) is 4.79 Å². The Kier molecular flexibility index (Phi) is 3.95. The summed E-state index contributed by atoms with van der Waals surface area (Å²) in [5, 5.41) is 0. The highest BCUT2D eigenvalue weighted by Gasteiger charge is 2.24. The molecule has 1 fully saturated rings. The minimum absolute atomic E-state index is 0.406. The monoisotopic (exact) mass is 262 g/mol. The number of hydrogen-bond donors (Lipinski definition) is 2. The number of primary amides is 1. The summed E-state index contributed by atoms with van der Waals surface area (Å²) in [7, 11) is 0. The van der Waals surface area contributed by atoms with E-state index in [1.54, 1.807) is 6.07 Å². The van der Waals surface area contributed by atoms with Crippen LogP contribution in [0.15, 0.2) is 18.2 Å². The second-order valence-electron chi connectivity index (χ2n) is 5.03. The van der Waals surface area contributed by atoms with E-state index in [1.807, 2.05) is 12.1 Å². The number of carbonyl (C=O) groups excluding carboxylic acids is 1. The van der Waals surface area contributed by atoms with Crippen LogP contribution in [0.2, 0.25) is 0 Å². The molecule has 0 saturated carbocycles. The summed E-state index contributed by atoms with van der Waals surface area (Å²) in [5.74, 6) is -0.473. The smallest absolute Gasteiger partial charge is 0.250 e. The summed E-state index contributed by atoms with van der Waals surface area (Å²) in [5.41, 5.74) is 13.2. The molecule has 0 bridgehead atoms. The van der Waals surface area contributed by atoms with Gasteiger partial charge in [0.25, 0.3) is 5.91 Å². The number of nitrogen functional groups attached to an aromatic ring is 1. The van der Waals surface area contributed by atoms with Crippen molar-refractivity contribution < 1.29 is 4.79 Å². The maximum absolute atomic E-state index is 11.3. The molecule has 0 radical (unpaired) electrons. The minimum atomic E-state index is -0.473. The normalized spacial score (nSPS) is 20.5. The molecule has 0 spiro atoms. The Morgan fingerprint density at radius 1 is 1.42 bits per heavy atom. The molecule has 104 valence electrons. The van der Waals surface area contributed by atoms with E-state index >= 15 is 0 Å². The van der Waals surface area contributed by atoms with Crippen molar-refractivity contribution in [1.82, 2.24) is 4.90 Å². The fraction of sp³-hybridized carbons (Fsp3) is 0.500. The summed E-state index contributed by atoms with van der Waals surface area (Å²) in [4.78, 5) is 16.0. The fourth-order valence-electron chi connectivity index (χ4n) is 2.73. The first-order valence-electron chi connectivity index (χ1n) is 6.71. The number of rotatable bonds is 3. The molecule has 2 rings (SSSR count). The summed E-state index contributed by atoms with van der Waals surface area (Å²) in [6, 6.07) is 5.95. The number of para-hydroxylation sites is 1. The number of benzene rings is 1. The van der Waals surface area contributed by atoms with Crippen molar-refractivity contribution >= 4 is 17.3 Å². The van der Waals surface area contributed by atoms with E-state index in [-0.39, 0.29) is 0 Å². The van der Waals surface area contributed by atoms with Gasteiger partial charge in [0.1, 0.15) is 0 Å². The summed E-state index contributed by atoms with van der Waals surface area (Å²) >= 11 is 0. The van der Waals surface area contributed by atoms with Crippen LogP contribution < -0.4 is 16.4 Å². The van der Waals surface area contributed by atoms with Gasteiger partial charge in [-0.3, -0.25) is 9.69 Å². The van der Waals surface area contributed by atoms with E-state index in [0.717, 1.165) is 31.9 Å². The molecule has 5 heteroatoms. The Morgan fingerprint density at radius 3 is 2.74 bits per heavy atom. The largest absolute Gasteiger partial charge is 0.396 e. The lowest BCUT2D eigenvalue weighted by Crippen LogP contribution is -2.51. The number of hydrogen-bond acceptors (Lipinski definition) is 4. The molecule has 1 aliphatic rings. The topological polar surface area (TPSA) is 75.6 Å². The van der Waals surface area contributed by atoms with Crippen LogP contribution in [-0.2, 0) is 0 Å². The van der Waals surface area contributed by atoms with E-state index < -0.39 is 5.91 Å². The highest BCUT2D eigenvalue weighted by Crippen LogP contribution is 2.28. The van der Waals surface area contributed by atoms with E-state index in [0.29, 0.717) is 17.3 Å². The van der Waals surface area contributed by atoms with Crippen molar-refractivity contribution in [2.24, 2.45) is 5.73 Å². The van der Waals surface area contributed by atoms with Crippen molar-refractivity contribution in [2.45, 2.75) is 19.9 Å². The number of piperazine rings is 1. The molecule has 0 aromatic heterocycles. The van der Waals surface area contributed by atoms with Crippen LogP contribution in [0.4, 0.5) is 11.4 Å². The lowest BCUT2D eigenvalue weighted by atomic mass is 10.1. The van der Waals surface area contributed by atoms with Crippen LogP contribution in [0.3, 0.4) is 0 Å². The van der Waals surface area contributed by atoms with E-state index in [1.165, 1.54) is 0 Å². The molecule has 5 nitrogen and oxygen atoms in total. The summed E-state index contributed by atoms with van der Waals surface area (Å²) < 4.78 is 0. The molecule has 1 heterocycles. The van der Waals surface area contributed by atoms with Gasteiger partial charge in [-0.2, -0.15) is 0 Å². The van der Waals surface area contributed by atoms with E-state index in [2.05, 4.69) is 23.6 Å². The summed E-state index contributed by atoms with van der Waals surface area (Å²) in [6.45, 7) is 8.30. The Bertz CT molecular complexity index is 475. The third-order valence-corrected chi connectivity index (χ3v) is 3.86. The zero-order valence-electron chi connectivity index (χ0n) is 11.6. The van der Waals surface area contributed by atoms with Gasteiger partial charge < -0.3 is 16.4 Å². The second-order valence-corrected chi connectivity index (χ2v) is 5.03. The molecule has 1 atom stereocenters. The first kappa shape index (κ1) is 13.7. The zero-order chi connectivity index (χ0) is 14.0. The van der Waals surface area contributed by atoms with Crippen LogP contribution in [0.25, 0.3) is 0 Å². The second kappa shape index (κ2) is 5.48. The molecule has 0 aliphatic carbocycles. The van der Waals surface area contributed by atoms with E-state index in [4.69, 9.17) is 11.5 Å². The van der Waals surface area contributed by atoms with Crippen LogP contribution in [-0.4, -0.2) is 43.0 Å². The predicted octanol–water partition coefficient (Wildman–Crippen LogP) is 0.898. The molecule has 1 amide bonds. The quantitative estimate of drug-likeness (QED) is 0.794. The van der Waals surface area contributed by atoms with Gasteiger partial charge in [0.2, 0.25) is 0 Å². The van der Waals surface area contributed by atoms with Gasteiger partial charge in [0.15, 0.2) is 0 Å². The SMILES string of the molecule is CCN1CCN(c2cccc(C(N)=O)c2N)CC1C. The molecule has 1 aromatic carbocycles. The minimum Gasteiger partial charge on any atom is -0.396 e. The van der Waals surface area contributed by atoms with Crippen LogP contribution in [0, 0.1) is 0 Å². The third-order valence-electron chi connectivity index (χ3n) is 3.86. The van der Waals surface area contributed by atoms with Gasteiger partial charge >= 0.3 is 0 Å². The van der Waals surface area contributed by atoms with Crippen molar-refractivity contribution in [3.8, 4) is 0 Å². The van der Waals surface area contributed by atoms with Gasteiger partial charge in [0, 0.05) is 25.7 Å². The number of nitrogens with two attached hydrogens (primary N) is 2. The number of anilines is 2. The van der Waals surface area contributed by atoms with Crippen molar-refractivity contribution in [3.63, 3.8) is 0 Å². The third kappa shape index (κ3) is 2.66. The Morgan fingerprint density at radius 2 is 2.16 bits per heavy atom. The Hall–Kier alpha value is -1.75. The van der Waals surface area contributed by atoms with Gasteiger partial charge in [-0.1, -0.05) is 13.0 Å². The maximum Gasteiger partial charge on any atom is 0.250 e. The zero-order valence-corrected chi connectivity index (χ0v) is 11.6. The highest BCUT2D eigenvalue weighted by molar-refractivity contribution is 6.00. The number of likely N-dealkylation sites (N-methyl/N-ethyl adjacent to an activating group) is 1. The average molecular weight is 262 g/mol. The van der Waals surface area contributed by atoms with Crippen molar-refractivity contribution in [3.05, 3.63) is 23.8 Å². The van der Waals surface area contributed by atoms with Gasteiger partial charge in [-0.25, -0.2) is 0 Å². The summed E-state index contributed by atoms with van der Waals surface area (Å²) in [6.07, 6.45) is 0. The Labute approximate surface area is 114 Å². The average Bonchev–Trinajstić information content (AvgIpc) is 2.38. The van der Waals surface area contributed by atoms with Crippen molar-refractivity contribution in [2.75, 3.05) is 36.8 Å². The first-order chi connectivity index (χ1) is 9.04. The lowest BCUT2D eigenvalue weighted by Gasteiger charge is -2.41. The predicted molar refractivity (Wildman–Crippen MR) is 78.3 cm³/mol. The van der Waals surface area contributed by atoms with Crippen LogP contribution >= 0.6 is 0 Å². The van der Waals surface area contributed by atoms with Gasteiger partial charge in [0.05, 0.1) is 16.9 Å². The number of carbonyl (C=O) groups is 1. The Balaban J connectivity index is 2.24. The fourth-order valence-corrected chi connectivity index (χ4v) is 2.73. The molecule has 1 aliphatic heterocycles. The molecule has 1 unspecified atom stereocenters. The van der Waals surface area contributed by atoms with Gasteiger partial charge in [-0.15, -0.1) is 0 Å².